The second-order valence-electron chi connectivity index (χ2n) is 4.39. The minimum Gasteiger partial charge on any atom is -0.440 e. The first-order valence-corrected chi connectivity index (χ1v) is 5.95. The first-order chi connectivity index (χ1) is 7.44. The molecule has 1 aromatic rings. The summed E-state index contributed by atoms with van der Waals surface area (Å²) >= 11 is 11.3. The summed E-state index contributed by atoms with van der Waals surface area (Å²) in [6.07, 6.45) is 0.841. The highest BCUT2D eigenvalue weighted by atomic mass is 35.5. The summed E-state index contributed by atoms with van der Waals surface area (Å²) < 4.78 is 5.00. The number of hydrogen-bond donors (Lipinski definition) is 1. The van der Waals surface area contributed by atoms with Gasteiger partial charge in [-0.3, -0.25) is 4.79 Å². The fourth-order valence-corrected chi connectivity index (χ4v) is 1.84. The number of furan rings is 1. The van der Waals surface area contributed by atoms with Gasteiger partial charge in [0.05, 0.1) is 0 Å². The predicted octanol–water partition coefficient (Wildman–Crippen LogP) is 3.32. The third-order valence-electron chi connectivity index (χ3n) is 2.30. The summed E-state index contributed by atoms with van der Waals surface area (Å²) in [5.74, 6) is 0.552. The molecule has 3 nitrogen and oxygen atoms in total. The van der Waals surface area contributed by atoms with Crippen molar-refractivity contribution in [1.82, 2.24) is 5.32 Å². The second kappa shape index (κ2) is 5.60. The minimum absolute atomic E-state index is 0.0200. The molecule has 5 heteroatoms. The van der Waals surface area contributed by atoms with Crippen LogP contribution >= 0.6 is 23.2 Å². The summed E-state index contributed by atoms with van der Waals surface area (Å²) in [6.45, 7) is 4.65. The topological polar surface area (TPSA) is 42.2 Å². The molecule has 0 fully saturated rings. The van der Waals surface area contributed by atoms with Crippen LogP contribution in [-0.4, -0.2) is 18.3 Å². The minimum atomic E-state index is -0.255. The van der Waals surface area contributed by atoms with Gasteiger partial charge in [0.25, 0.3) is 5.91 Å². The molecule has 1 rings (SSSR count). The van der Waals surface area contributed by atoms with Crippen LogP contribution in [0.25, 0.3) is 0 Å². The van der Waals surface area contributed by atoms with Gasteiger partial charge in [0.2, 0.25) is 0 Å². The van der Waals surface area contributed by atoms with Crippen LogP contribution in [0, 0.1) is 5.41 Å². The van der Waals surface area contributed by atoms with Gasteiger partial charge in [-0.15, -0.1) is 11.6 Å². The number of nitrogens with one attached hydrogen (secondary N) is 1. The number of halogens is 2. The average Bonchev–Trinajstić information content (AvgIpc) is 2.61. The molecule has 0 bridgehead atoms. The van der Waals surface area contributed by atoms with Crippen molar-refractivity contribution in [3.8, 4) is 0 Å². The van der Waals surface area contributed by atoms with Gasteiger partial charge in [0.15, 0.2) is 11.0 Å². The molecule has 1 aromatic heterocycles. The standard InChI is InChI=1S/C11H15Cl2NO2/c1-11(2,5-6-12)7-14-10(15)8-3-4-9(13)16-8/h3-4H,5-7H2,1-2H3,(H,14,15). The Bertz CT molecular complexity index is 361. The maximum atomic E-state index is 11.6. The summed E-state index contributed by atoms with van der Waals surface area (Å²) in [4.78, 5) is 11.6. The van der Waals surface area contributed by atoms with Crippen molar-refractivity contribution >= 4 is 29.1 Å². The Labute approximate surface area is 105 Å². The molecule has 0 unspecified atom stereocenters. The number of rotatable bonds is 5. The molecule has 0 aliphatic rings. The Hall–Kier alpha value is -0.670. The Kier molecular flexibility index (Phi) is 4.69. The summed E-state index contributed by atoms with van der Waals surface area (Å²) in [6, 6.07) is 3.09. The van der Waals surface area contributed by atoms with Gasteiger partial charge < -0.3 is 9.73 Å². The van der Waals surface area contributed by atoms with Crippen molar-refractivity contribution in [2.24, 2.45) is 5.41 Å². The zero-order valence-corrected chi connectivity index (χ0v) is 10.9. The summed E-state index contributed by atoms with van der Waals surface area (Å²) in [5, 5.41) is 3.00. The SMILES string of the molecule is CC(C)(CCCl)CNC(=O)c1ccc(Cl)o1. The van der Waals surface area contributed by atoms with Crippen molar-refractivity contribution in [1.29, 1.82) is 0 Å². The number of alkyl halides is 1. The summed E-state index contributed by atoms with van der Waals surface area (Å²) in [5.41, 5.74) is -0.0200. The van der Waals surface area contributed by atoms with Crippen molar-refractivity contribution in [2.45, 2.75) is 20.3 Å². The van der Waals surface area contributed by atoms with Crippen LogP contribution in [0.5, 0.6) is 0 Å². The van der Waals surface area contributed by atoms with Crippen molar-refractivity contribution in [3.63, 3.8) is 0 Å². The normalized spacial score (nSPS) is 11.5. The molecule has 0 aromatic carbocycles. The first-order valence-electron chi connectivity index (χ1n) is 5.04. The molecular formula is C11H15Cl2NO2. The lowest BCUT2D eigenvalue weighted by atomic mass is 9.90. The van der Waals surface area contributed by atoms with E-state index >= 15 is 0 Å². The van der Waals surface area contributed by atoms with E-state index in [2.05, 4.69) is 5.32 Å². The Morgan fingerprint density at radius 3 is 2.69 bits per heavy atom. The first kappa shape index (κ1) is 13.4. The lowest BCUT2D eigenvalue weighted by Crippen LogP contribution is -2.34. The van der Waals surface area contributed by atoms with E-state index in [0.717, 1.165) is 6.42 Å². The van der Waals surface area contributed by atoms with Crippen LogP contribution in [0.1, 0.15) is 30.8 Å². The fraction of sp³-hybridized carbons (Fsp3) is 0.545. The molecule has 0 atom stereocenters. The van der Waals surface area contributed by atoms with Crippen molar-refractivity contribution in [3.05, 3.63) is 23.1 Å². The zero-order valence-electron chi connectivity index (χ0n) is 9.35. The molecule has 0 aliphatic heterocycles. The Balaban J connectivity index is 2.47. The highest BCUT2D eigenvalue weighted by molar-refractivity contribution is 6.29. The van der Waals surface area contributed by atoms with Crippen LogP contribution in [0.4, 0.5) is 0 Å². The highest BCUT2D eigenvalue weighted by Crippen LogP contribution is 2.20. The van der Waals surface area contributed by atoms with Gasteiger partial charge in [0.1, 0.15) is 0 Å². The van der Waals surface area contributed by atoms with Crippen LogP contribution in [0.2, 0.25) is 5.22 Å². The predicted molar refractivity (Wildman–Crippen MR) is 65.2 cm³/mol. The molecular weight excluding hydrogens is 249 g/mol. The molecule has 1 N–H and O–H groups in total. The largest absolute Gasteiger partial charge is 0.440 e. The number of carbonyl (C=O) groups is 1. The third-order valence-corrected chi connectivity index (χ3v) is 2.69. The van der Waals surface area contributed by atoms with Gasteiger partial charge in [0, 0.05) is 12.4 Å². The maximum absolute atomic E-state index is 11.6. The van der Waals surface area contributed by atoms with Crippen molar-refractivity contribution in [2.75, 3.05) is 12.4 Å². The molecule has 1 amide bonds. The molecule has 0 radical (unpaired) electrons. The molecule has 1 heterocycles. The third kappa shape index (κ3) is 4.06. The highest BCUT2D eigenvalue weighted by Gasteiger charge is 2.19. The van der Waals surface area contributed by atoms with Crippen LogP contribution in [-0.2, 0) is 0 Å². The Morgan fingerprint density at radius 2 is 2.19 bits per heavy atom. The number of hydrogen-bond acceptors (Lipinski definition) is 2. The van der Waals surface area contributed by atoms with Gasteiger partial charge >= 0.3 is 0 Å². The molecule has 90 valence electrons. The van der Waals surface area contributed by atoms with E-state index < -0.39 is 0 Å². The zero-order chi connectivity index (χ0) is 12.2. The van der Waals surface area contributed by atoms with Crippen LogP contribution < -0.4 is 5.32 Å². The maximum Gasteiger partial charge on any atom is 0.287 e. The van der Waals surface area contributed by atoms with E-state index in [-0.39, 0.29) is 22.3 Å². The van der Waals surface area contributed by atoms with E-state index in [1.807, 2.05) is 13.8 Å². The van der Waals surface area contributed by atoms with Gasteiger partial charge in [-0.2, -0.15) is 0 Å². The van der Waals surface area contributed by atoms with Crippen molar-refractivity contribution < 1.29 is 9.21 Å². The lowest BCUT2D eigenvalue weighted by molar-refractivity contribution is 0.0908. The average molecular weight is 264 g/mol. The van der Waals surface area contributed by atoms with Gasteiger partial charge in [-0.05, 0) is 35.6 Å². The van der Waals surface area contributed by atoms with E-state index in [9.17, 15) is 4.79 Å². The number of amides is 1. The molecule has 0 saturated carbocycles. The van der Waals surface area contributed by atoms with E-state index in [0.29, 0.717) is 12.4 Å². The summed E-state index contributed by atoms with van der Waals surface area (Å²) in [7, 11) is 0. The monoisotopic (exact) mass is 263 g/mol. The molecule has 0 aliphatic carbocycles. The molecule has 0 saturated heterocycles. The lowest BCUT2D eigenvalue weighted by Gasteiger charge is -2.23. The second-order valence-corrected chi connectivity index (χ2v) is 5.14. The van der Waals surface area contributed by atoms with Gasteiger partial charge in [-0.25, -0.2) is 0 Å². The van der Waals surface area contributed by atoms with Crippen LogP contribution in [0.15, 0.2) is 16.5 Å². The van der Waals surface area contributed by atoms with Crippen LogP contribution in [0.3, 0.4) is 0 Å². The van der Waals surface area contributed by atoms with E-state index in [4.69, 9.17) is 27.6 Å². The quantitative estimate of drug-likeness (QED) is 0.829. The Morgan fingerprint density at radius 1 is 1.50 bits per heavy atom. The number of carbonyl (C=O) groups excluding carboxylic acids is 1. The van der Waals surface area contributed by atoms with E-state index in [1.165, 1.54) is 0 Å². The van der Waals surface area contributed by atoms with Gasteiger partial charge in [-0.1, -0.05) is 13.8 Å². The smallest absolute Gasteiger partial charge is 0.287 e. The van der Waals surface area contributed by atoms with E-state index in [1.54, 1.807) is 12.1 Å². The molecule has 0 spiro atoms. The fourth-order valence-electron chi connectivity index (χ4n) is 1.19. The molecule has 16 heavy (non-hydrogen) atoms.